The van der Waals surface area contributed by atoms with Crippen LogP contribution in [0.4, 0.5) is 0 Å². The number of aryl methyl sites for hydroxylation is 1. The van der Waals surface area contributed by atoms with Crippen LogP contribution in [-0.4, -0.2) is 5.11 Å². The van der Waals surface area contributed by atoms with Crippen LogP contribution in [0.25, 0.3) is 10.8 Å². The van der Waals surface area contributed by atoms with Crippen molar-refractivity contribution in [3.8, 4) is 0 Å². The van der Waals surface area contributed by atoms with Crippen molar-refractivity contribution in [2.45, 2.75) is 20.0 Å². The molecule has 2 heteroatoms. The van der Waals surface area contributed by atoms with Gasteiger partial charge >= 0.3 is 0 Å². The maximum atomic E-state index is 9.57. The number of hydrogen-bond donors (Lipinski definition) is 1. The number of aliphatic hydroxyl groups is 1. The summed E-state index contributed by atoms with van der Waals surface area (Å²) in [6.45, 7) is 3.86. The van der Waals surface area contributed by atoms with Gasteiger partial charge in [0.1, 0.15) is 0 Å². The van der Waals surface area contributed by atoms with Gasteiger partial charge in [-0.05, 0) is 53.9 Å². The summed E-state index contributed by atoms with van der Waals surface area (Å²) in [5.74, 6) is 0. The third-order valence-corrected chi connectivity index (χ3v) is 3.12. The molecule has 0 aliphatic carbocycles. The molecule has 2 aromatic rings. The molecular formula is C13H13BrO. The monoisotopic (exact) mass is 264 g/mol. The summed E-state index contributed by atoms with van der Waals surface area (Å²) in [4.78, 5) is 0. The molecule has 15 heavy (non-hydrogen) atoms. The molecular weight excluding hydrogens is 252 g/mol. The zero-order valence-corrected chi connectivity index (χ0v) is 10.4. The standard InChI is InChI=1S/C13H13BrO/c1-8-5-10(9(2)15)6-11-7-12(14)3-4-13(8)11/h3-7,9,15H,1-2H3/t9-/m1/s1. The van der Waals surface area contributed by atoms with Gasteiger partial charge in [0, 0.05) is 4.47 Å². The van der Waals surface area contributed by atoms with Gasteiger partial charge < -0.3 is 5.11 Å². The average Bonchev–Trinajstić information content (AvgIpc) is 2.16. The van der Waals surface area contributed by atoms with E-state index in [1.165, 1.54) is 16.3 Å². The summed E-state index contributed by atoms with van der Waals surface area (Å²) in [5, 5.41) is 12.0. The molecule has 0 amide bonds. The highest BCUT2D eigenvalue weighted by Crippen LogP contribution is 2.26. The fourth-order valence-corrected chi connectivity index (χ4v) is 2.18. The van der Waals surface area contributed by atoms with Gasteiger partial charge in [-0.3, -0.25) is 0 Å². The molecule has 0 fully saturated rings. The van der Waals surface area contributed by atoms with E-state index in [9.17, 15) is 5.11 Å². The van der Waals surface area contributed by atoms with E-state index in [0.29, 0.717) is 0 Å². The first kappa shape index (κ1) is 10.7. The molecule has 0 bridgehead atoms. The molecule has 1 N–H and O–H groups in total. The topological polar surface area (TPSA) is 20.2 Å². The second kappa shape index (κ2) is 3.95. The molecule has 2 aromatic carbocycles. The van der Waals surface area contributed by atoms with Crippen molar-refractivity contribution in [3.05, 3.63) is 45.9 Å². The Balaban J connectivity index is 2.74. The maximum absolute atomic E-state index is 9.57. The van der Waals surface area contributed by atoms with Crippen LogP contribution in [0.1, 0.15) is 24.2 Å². The lowest BCUT2D eigenvalue weighted by molar-refractivity contribution is 0.199. The summed E-state index contributed by atoms with van der Waals surface area (Å²) in [6.07, 6.45) is -0.410. The zero-order valence-electron chi connectivity index (χ0n) is 8.79. The maximum Gasteiger partial charge on any atom is 0.0762 e. The van der Waals surface area contributed by atoms with Crippen LogP contribution in [0.3, 0.4) is 0 Å². The Morgan fingerprint density at radius 2 is 1.93 bits per heavy atom. The van der Waals surface area contributed by atoms with E-state index in [-0.39, 0.29) is 0 Å². The van der Waals surface area contributed by atoms with Crippen molar-refractivity contribution in [3.63, 3.8) is 0 Å². The van der Waals surface area contributed by atoms with Crippen molar-refractivity contribution in [1.29, 1.82) is 0 Å². The SMILES string of the molecule is Cc1cc([C@@H](C)O)cc2cc(Br)ccc12. The van der Waals surface area contributed by atoms with Crippen molar-refractivity contribution < 1.29 is 5.11 Å². The summed E-state index contributed by atoms with van der Waals surface area (Å²) < 4.78 is 1.07. The van der Waals surface area contributed by atoms with Crippen LogP contribution in [0.2, 0.25) is 0 Å². The van der Waals surface area contributed by atoms with Gasteiger partial charge in [-0.2, -0.15) is 0 Å². The molecule has 0 aliphatic rings. The molecule has 1 atom stereocenters. The second-order valence-electron chi connectivity index (χ2n) is 3.88. The number of hydrogen-bond acceptors (Lipinski definition) is 1. The van der Waals surface area contributed by atoms with Gasteiger partial charge in [0.05, 0.1) is 6.10 Å². The van der Waals surface area contributed by atoms with Crippen LogP contribution in [0, 0.1) is 6.92 Å². The minimum absolute atomic E-state index is 0.410. The predicted octanol–water partition coefficient (Wildman–Crippen LogP) is 3.96. The number of rotatable bonds is 1. The van der Waals surface area contributed by atoms with Gasteiger partial charge in [0.2, 0.25) is 0 Å². The van der Waals surface area contributed by atoms with E-state index in [1.54, 1.807) is 6.92 Å². The van der Waals surface area contributed by atoms with E-state index in [4.69, 9.17) is 0 Å². The normalized spacial score (nSPS) is 13.1. The Morgan fingerprint density at radius 1 is 1.20 bits per heavy atom. The molecule has 0 unspecified atom stereocenters. The highest BCUT2D eigenvalue weighted by molar-refractivity contribution is 9.10. The van der Waals surface area contributed by atoms with Crippen LogP contribution in [-0.2, 0) is 0 Å². The summed E-state index contributed by atoms with van der Waals surface area (Å²) in [6, 6.07) is 10.3. The van der Waals surface area contributed by atoms with E-state index in [0.717, 1.165) is 10.0 Å². The van der Waals surface area contributed by atoms with Gasteiger partial charge in [-0.1, -0.05) is 28.1 Å². The van der Waals surface area contributed by atoms with Crippen molar-refractivity contribution >= 4 is 26.7 Å². The predicted molar refractivity (Wildman–Crippen MR) is 67.0 cm³/mol. The molecule has 0 aromatic heterocycles. The molecule has 0 saturated heterocycles. The third kappa shape index (κ3) is 2.06. The fourth-order valence-electron chi connectivity index (χ4n) is 1.80. The Kier molecular flexibility index (Phi) is 2.81. The lowest BCUT2D eigenvalue weighted by Gasteiger charge is -2.09. The van der Waals surface area contributed by atoms with Gasteiger partial charge in [0.15, 0.2) is 0 Å². The highest BCUT2D eigenvalue weighted by Gasteiger charge is 2.05. The van der Waals surface area contributed by atoms with Crippen molar-refractivity contribution in [1.82, 2.24) is 0 Å². The minimum atomic E-state index is -0.410. The lowest BCUT2D eigenvalue weighted by Crippen LogP contribution is -1.92. The lowest BCUT2D eigenvalue weighted by atomic mass is 10.00. The molecule has 1 nitrogen and oxygen atoms in total. The van der Waals surface area contributed by atoms with E-state index >= 15 is 0 Å². The van der Waals surface area contributed by atoms with E-state index in [1.807, 2.05) is 18.2 Å². The van der Waals surface area contributed by atoms with Gasteiger partial charge in [0.25, 0.3) is 0 Å². The minimum Gasteiger partial charge on any atom is -0.389 e. The average molecular weight is 265 g/mol. The Labute approximate surface area is 97.9 Å². The Morgan fingerprint density at radius 3 is 2.60 bits per heavy atom. The number of benzene rings is 2. The quantitative estimate of drug-likeness (QED) is 0.827. The summed E-state index contributed by atoms with van der Waals surface area (Å²) >= 11 is 3.46. The first-order valence-corrected chi connectivity index (χ1v) is 5.75. The molecule has 2 rings (SSSR count). The number of halogens is 1. The smallest absolute Gasteiger partial charge is 0.0762 e. The molecule has 0 heterocycles. The molecule has 0 radical (unpaired) electrons. The summed E-state index contributed by atoms with van der Waals surface area (Å²) in [5.41, 5.74) is 2.18. The van der Waals surface area contributed by atoms with Crippen molar-refractivity contribution in [2.24, 2.45) is 0 Å². The zero-order chi connectivity index (χ0) is 11.0. The summed E-state index contributed by atoms with van der Waals surface area (Å²) in [7, 11) is 0. The Hall–Kier alpha value is -0.860. The second-order valence-corrected chi connectivity index (χ2v) is 4.79. The first-order valence-electron chi connectivity index (χ1n) is 4.96. The van der Waals surface area contributed by atoms with Crippen LogP contribution in [0.15, 0.2) is 34.8 Å². The largest absolute Gasteiger partial charge is 0.389 e. The van der Waals surface area contributed by atoms with Crippen LogP contribution >= 0.6 is 15.9 Å². The van der Waals surface area contributed by atoms with E-state index in [2.05, 4.69) is 35.0 Å². The van der Waals surface area contributed by atoms with Crippen LogP contribution in [0.5, 0.6) is 0 Å². The first-order chi connectivity index (χ1) is 7.08. The van der Waals surface area contributed by atoms with Gasteiger partial charge in [-0.15, -0.1) is 0 Å². The van der Waals surface area contributed by atoms with E-state index < -0.39 is 6.10 Å². The molecule has 78 valence electrons. The molecule has 0 spiro atoms. The van der Waals surface area contributed by atoms with Crippen molar-refractivity contribution in [2.75, 3.05) is 0 Å². The highest BCUT2D eigenvalue weighted by atomic mass is 79.9. The fraction of sp³-hybridized carbons (Fsp3) is 0.231. The van der Waals surface area contributed by atoms with Gasteiger partial charge in [-0.25, -0.2) is 0 Å². The Bertz CT molecular complexity index is 503. The number of aliphatic hydroxyl groups excluding tert-OH is 1. The molecule has 0 saturated carbocycles. The third-order valence-electron chi connectivity index (χ3n) is 2.63. The molecule has 0 aliphatic heterocycles. The van der Waals surface area contributed by atoms with Crippen LogP contribution < -0.4 is 0 Å². The number of fused-ring (bicyclic) bond motifs is 1.